The molecule has 0 saturated heterocycles. The number of aromatic hydroxyl groups is 1. The van der Waals surface area contributed by atoms with Gasteiger partial charge in [-0.25, -0.2) is 14.7 Å². The highest BCUT2D eigenvalue weighted by atomic mass is 79.9. The second-order valence-electron chi connectivity index (χ2n) is 10.1. The van der Waals surface area contributed by atoms with Crippen LogP contribution >= 0.6 is 15.9 Å². The first-order valence-corrected chi connectivity index (χ1v) is 14.4. The Morgan fingerprint density at radius 3 is 2.44 bits per heavy atom. The molecule has 41 heavy (non-hydrogen) atoms. The number of phenols is 1. The number of amidine groups is 2. The molecule has 7 rings (SSSR count). The summed E-state index contributed by atoms with van der Waals surface area (Å²) in [6.07, 6.45) is 0.971. The van der Waals surface area contributed by atoms with Crippen LogP contribution in [-0.4, -0.2) is 26.6 Å². The normalized spacial score (nSPS) is 15.4. The number of para-hydroxylation sites is 3. The number of aryl methyl sites for hydroxylation is 2. The predicted octanol–water partition coefficient (Wildman–Crippen LogP) is 8.01. The van der Waals surface area contributed by atoms with Crippen LogP contribution in [0.15, 0.2) is 112 Å². The highest BCUT2D eigenvalue weighted by molar-refractivity contribution is 9.10. The van der Waals surface area contributed by atoms with E-state index in [9.17, 15) is 5.11 Å². The number of nitrogens with one attached hydrogen (secondary N) is 1. The fourth-order valence-corrected chi connectivity index (χ4v) is 5.92. The van der Waals surface area contributed by atoms with Crippen molar-refractivity contribution in [2.75, 3.05) is 10.2 Å². The van der Waals surface area contributed by atoms with Gasteiger partial charge in [0.25, 0.3) is 0 Å². The molecule has 2 N–H and O–H groups in total. The van der Waals surface area contributed by atoms with Gasteiger partial charge in [-0.15, -0.1) is 0 Å². The smallest absolute Gasteiger partial charge is 0.179 e. The molecule has 1 atom stereocenters. The predicted molar refractivity (Wildman–Crippen MR) is 169 cm³/mol. The second-order valence-corrected chi connectivity index (χ2v) is 11.0. The van der Waals surface area contributed by atoms with Crippen molar-refractivity contribution in [2.24, 2.45) is 9.98 Å². The average Bonchev–Trinajstić information content (AvgIpc) is 3.34. The van der Waals surface area contributed by atoms with Crippen LogP contribution in [0.25, 0.3) is 5.69 Å². The molecule has 7 nitrogen and oxygen atoms in total. The van der Waals surface area contributed by atoms with Gasteiger partial charge in [0.05, 0.1) is 28.8 Å². The number of hydrogen-bond donors (Lipinski definition) is 2. The number of aliphatic imine (C=N–C) groups is 2. The van der Waals surface area contributed by atoms with Gasteiger partial charge in [-0.05, 0) is 73.5 Å². The summed E-state index contributed by atoms with van der Waals surface area (Å²) < 4.78 is 2.75. The topological polar surface area (TPSA) is 78.0 Å². The lowest BCUT2D eigenvalue weighted by Crippen LogP contribution is -2.46. The van der Waals surface area contributed by atoms with Crippen LogP contribution in [0.2, 0.25) is 0 Å². The van der Waals surface area contributed by atoms with Gasteiger partial charge < -0.3 is 15.3 Å². The third-order valence-electron chi connectivity index (χ3n) is 7.55. The Morgan fingerprint density at radius 1 is 0.902 bits per heavy atom. The second kappa shape index (κ2) is 10.1. The number of hydrogen-bond acceptors (Lipinski definition) is 6. The van der Waals surface area contributed by atoms with Crippen molar-refractivity contribution in [1.82, 2.24) is 9.78 Å². The Morgan fingerprint density at radius 2 is 1.66 bits per heavy atom. The standard InChI is InChI=1S/C33H27BrN6O/c1-3-21-13-16-23(17-14-21)35-31-33-37-32-29(20(2)38-40(32)24-9-5-4-6-10-24)30(25-19-22(34)15-18-28(25)41)39(33)27-12-8-7-11-26(27)36-31/h4-19,30,41H,3H2,1-2H3,(H,35,36)/t30-/m1/s1. The van der Waals surface area contributed by atoms with Gasteiger partial charge in [-0.1, -0.05) is 65.3 Å². The molecular formula is C33H27BrN6O. The molecule has 0 bridgehead atoms. The minimum Gasteiger partial charge on any atom is -0.508 e. The number of rotatable bonds is 4. The molecular weight excluding hydrogens is 576 g/mol. The largest absolute Gasteiger partial charge is 0.508 e. The van der Waals surface area contributed by atoms with Crippen LogP contribution in [0, 0.1) is 6.92 Å². The van der Waals surface area contributed by atoms with Gasteiger partial charge in [-0.3, -0.25) is 0 Å². The minimum atomic E-state index is -0.414. The number of aromatic nitrogens is 2. The van der Waals surface area contributed by atoms with Gasteiger partial charge in [0.2, 0.25) is 0 Å². The van der Waals surface area contributed by atoms with Crippen molar-refractivity contribution in [3.8, 4) is 11.4 Å². The minimum absolute atomic E-state index is 0.196. The maximum atomic E-state index is 11.3. The van der Waals surface area contributed by atoms with E-state index in [0.29, 0.717) is 17.5 Å². The Kier molecular flexibility index (Phi) is 6.20. The van der Waals surface area contributed by atoms with Crippen molar-refractivity contribution in [1.29, 1.82) is 0 Å². The molecule has 3 heterocycles. The summed E-state index contributed by atoms with van der Waals surface area (Å²) in [5.74, 6) is 2.18. The van der Waals surface area contributed by atoms with Gasteiger partial charge in [0.15, 0.2) is 17.5 Å². The molecule has 8 heteroatoms. The van der Waals surface area contributed by atoms with Crippen molar-refractivity contribution in [3.63, 3.8) is 0 Å². The molecule has 2 aliphatic rings. The third-order valence-corrected chi connectivity index (χ3v) is 8.04. The summed E-state index contributed by atoms with van der Waals surface area (Å²) >= 11 is 3.63. The number of nitrogens with zero attached hydrogens (tertiary/aromatic N) is 5. The van der Waals surface area contributed by atoms with Crippen molar-refractivity contribution in [2.45, 2.75) is 26.3 Å². The van der Waals surface area contributed by atoms with E-state index in [1.807, 2.05) is 78.3 Å². The highest BCUT2D eigenvalue weighted by Crippen LogP contribution is 2.50. The van der Waals surface area contributed by atoms with Gasteiger partial charge in [0, 0.05) is 21.3 Å². The lowest BCUT2D eigenvalue weighted by Gasteiger charge is -2.40. The zero-order chi connectivity index (χ0) is 28.1. The number of fused-ring (bicyclic) bond motifs is 4. The summed E-state index contributed by atoms with van der Waals surface area (Å²) in [4.78, 5) is 12.5. The molecule has 0 saturated carbocycles. The maximum absolute atomic E-state index is 11.3. The molecule has 0 fully saturated rings. The summed E-state index contributed by atoms with van der Waals surface area (Å²) in [5, 5.41) is 19.8. The van der Waals surface area contributed by atoms with Crippen molar-refractivity contribution in [3.05, 3.63) is 124 Å². The molecule has 5 aromatic rings. The van der Waals surface area contributed by atoms with Gasteiger partial charge >= 0.3 is 0 Å². The highest BCUT2D eigenvalue weighted by Gasteiger charge is 2.42. The molecule has 0 aliphatic carbocycles. The maximum Gasteiger partial charge on any atom is 0.179 e. The fraction of sp³-hybridized carbons (Fsp3) is 0.121. The number of anilines is 2. The zero-order valence-electron chi connectivity index (χ0n) is 22.6. The molecule has 2 aliphatic heterocycles. The van der Waals surface area contributed by atoms with E-state index < -0.39 is 6.04 Å². The van der Waals surface area contributed by atoms with Crippen LogP contribution in [0.4, 0.5) is 22.9 Å². The first-order chi connectivity index (χ1) is 20.0. The van der Waals surface area contributed by atoms with E-state index in [-0.39, 0.29) is 5.75 Å². The summed E-state index contributed by atoms with van der Waals surface area (Å²) in [6, 6.07) is 31.5. The monoisotopic (exact) mass is 602 g/mol. The summed E-state index contributed by atoms with van der Waals surface area (Å²) in [6.45, 7) is 4.14. The van der Waals surface area contributed by atoms with Crippen molar-refractivity contribution < 1.29 is 5.11 Å². The van der Waals surface area contributed by atoms with Crippen molar-refractivity contribution >= 4 is 50.5 Å². The van der Waals surface area contributed by atoms with Crippen LogP contribution < -0.4 is 10.2 Å². The third kappa shape index (κ3) is 4.31. The molecule has 1 aromatic heterocycles. The molecule has 0 spiro atoms. The van der Waals surface area contributed by atoms with Crippen LogP contribution in [0.5, 0.6) is 5.75 Å². The SMILES string of the molecule is CCc1ccc(NC2=Nc3ccccc3N3C2=Nc2c(c(C)nn2-c2ccccc2)[C@H]3c2cc(Br)ccc2O)cc1. The van der Waals surface area contributed by atoms with E-state index in [2.05, 4.69) is 57.3 Å². The van der Waals surface area contributed by atoms with E-state index in [1.54, 1.807) is 6.07 Å². The first-order valence-electron chi connectivity index (χ1n) is 13.6. The summed E-state index contributed by atoms with van der Waals surface area (Å²) in [7, 11) is 0. The van der Waals surface area contributed by atoms with Gasteiger partial charge in [0.1, 0.15) is 5.75 Å². The quantitative estimate of drug-likeness (QED) is 0.218. The Bertz CT molecular complexity index is 1840. The van der Waals surface area contributed by atoms with Crippen LogP contribution in [0.3, 0.4) is 0 Å². The first kappa shape index (κ1) is 25.3. The lowest BCUT2D eigenvalue weighted by molar-refractivity contribution is 0.465. The van der Waals surface area contributed by atoms with Crippen LogP contribution in [-0.2, 0) is 6.42 Å². The number of halogens is 1. The van der Waals surface area contributed by atoms with E-state index >= 15 is 0 Å². The lowest BCUT2D eigenvalue weighted by atomic mass is 9.92. The zero-order valence-corrected chi connectivity index (χ0v) is 24.2. The molecule has 0 amide bonds. The molecule has 0 unspecified atom stereocenters. The van der Waals surface area contributed by atoms with E-state index in [0.717, 1.165) is 50.5 Å². The van der Waals surface area contributed by atoms with E-state index in [1.165, 1.54) is 5.56 Å². The number of phenolic OH excluding ortho intramolecular Hbond substituents is 1. The Balaban J connectivity index is 1.49. The molecule has 0 radical (unpaired) electrons. The van der Waals surface area contributed by atoms with E-state index in [4.69, 9.17) is 15.1 Å². The van der Waals surface area contributed by atoms with Crippen LogP contribution in [0.1, 0.15) is 35.3 Å². The molecule has 4 aromatic carbocycles. The molecule has 202 valence electrons. The Labute approximate surface area is 246 Å². The number of benzene rings is 4. The Hall–Kier alpha value is -4.69. The summed E-state index contributed by atoms with van der Waals surface area (Å²) in [5.41, 5.74) is 7.31. The average molecular weight is 604 g/mol. The van der Waals surface area contributed by atoms with Gasteiger partial charge in [-0.2, -0.15) is 5.10 Å². The fourth-order valence-electron chi connectivity index (χ4n) is 5.55.